The van der Waals surface area contributed by atoms with Crippen LogP contribution >= 0.6 is 0 Å². The van der Waals surface area contributed by atoms with E-state index in [0.717, 1.165) is 12.8 Å². The van der Waals surface area contributed by atoms with Crippen LogP contribution in [0.1, 0.15) is 44.0 Å². The molecule has 31 heavy (non-hydrogen) atoms. The molecule has 164 valence electrons. The number of hydroxylamine groups is 1. The number of hydrogen-bond donors (Lipinski definition) is 6. The molecule has 12 nitrogen and oxygen atoms in total. The first-order valence-corrected chi connectivity index (χ1v) is 9.26. The van der Waals surface area contributed by atoms with Gasteiger partial charge in [0.25, 0.3) is 17.7 Å². The smallest absolute Gasteiger partial charge is 0.278 e. The zero-order valence-corrected chi connectivity index (χ0v) is 16.8. The molecule has 12 heteroatoms. The number of hydrazine groups is 1. The molecule has 3 rings (SSSR count). The zero-order valence-electron chi connectivity index (χ0n) is 16.8. The number of carbonyl (C=O) groups is 3. The van der Waals surface area contributed by atoms with Crippen LogP contribution in [-0.4, -0.2) is 48.2 Å². The van der Waals surface area contributed by atoms with Crippen molar-refractivity contribution in [1.82, 2.24) is 26.8 Å². The van der Waals surface area contributed by atoms with Crippen molar-refractivity contribution in [2.24, 2.45) is 0 Å². The lowest BCUT2D eigenvalue weighted by Gasteiger charge is -2.17. The predicted octanol–water partition coefficient (Wildman–Crippen LogP) is 0.641. The maximum absolute atomic E-state index is 12.4. The highest BCUT2D eigenvalue weighted by Gasteiger charge is 2.25. The molecule has 1 aromatic carbocycles. The number of methoxy groups -OCH3 is 1. The van der Waals surface area contributed by atoms with Gasteiger partial charge in [0.15, 0.2) is 5.75 Å². The van der Waals surface area contributed by atoms with Gasteiger partial charge in [0.2, 0.25) is 0 Å². The Kier molecular flexibility index (Phi) is 6.97. The van der Waals surface area contributed by atoms with Gasteiger partial charge in [0.1, 0.15) is 5.69 Å². The Hall–Kier alpha value is -3.74. The lowest BCUT2D eigenvalue weighted by molar-refractivity contribution is 0.0537. The first-order valence-electron chi connectivity index (χ1n) is 9.26. The lowest BCUT2D eigenvalue weighted by Crippen LogP contribution is -2.34. The first kappa shape index (κ1) is 22.0. The van der Waals surface area contributed by atoms with E-state index < -0.39 is 11.8 Å². The molecule has 0 bridgehead atoms. The number of ether oxygens (including phenoxy) is 1. The quantitative estimate of drug-likeness (QED) is 0.313. The molecule has 1 fully saturated rings. The number of amides is 3. The maximum Gasteiger partial charge on any atom is 0.278 e. The van der Waals surface area contributed by atoms with Crippen LogP contribution in [0.4, 0.5) is 11.4 Å². The minimum Gasteiger partial charge on any atom is -0.494 e. The van der Waals surface area contributed by atoms with Gasteiger partial charge in [-0.05, 0) is 31.0 Å². The number of pyridine rings is 1. The minimum atomic E-state index is -0.653. The molecule has 1 saturated carbocycles. The average Bonchev–Trinajstić information content (AvgIpc) is 3.57. The molecule has 6 N–H and O–H groups in total. The van der Waals surface area contributed by atoms with Crippen LogP contribution in [0, 0.1) is 0 Å². The standard InChI is InChI=1S/C19H22N6O6/c1-30-16-11(17(26)23-25-29)4-3-5-13(16)22-14-8-15(19(28)21-10-6-7-10)20-9-12(14)18(27)24-31-2/h3-5,8-10,25,29H,6-7H2,1-2H3,(H,20,22)(H,21,28)(H,23,26)(H,24,27). The predicted molar refractivity (Wildman–Crippen MR) is 108 cm³/mol. The highest BCUT2D eigenvalue weighted by atomic mass is 16.6. The van der Waals surface area contributed by atoms with Crippen molar-refractivity contribution in [1.29, 1.82) is 0 Å². The van der Waals surface area contributed by atoms with Crippen LogP contribution < -0.4 is 31.9 Å². The molecule has 0 spiro atoms. The molecular weight excluding hydrogens is 408 g/mol. The summed E-state index contributed by atoms with van der Waals surface area (Å²) in [5.74, 6) is -1.46. The summed E-state index contributed by atoms with van der Waals surface area (Å²) in [6.45, 7) is 0. The number of hydrogen-bond acceptors (Lipinski definition) is 9. The Morgan fingerprint density at radius 3 is 2.48 bits per heavy atom. The molecule has 1 aromatic heterocycles. The van der Waals surface area contributed by atoms with Gasteiger partial charge in [-0.2, -0.15) is 0 Å². The summed E-state index contributed by atoms with van der Waals surface area (Å²) in [4.78, 5) is 45.7. The normalized spacial score (nSPS) is 12.6. The van der Waals surface area contributed by atoms with Gasteiger partial charge in [-0.1, -0.05) is 6.07 Å². The number of para-hydroxylation sites is 1. The van der Waals surface area contributed by atoms with Crippen molar-refractivity contribution in [3.63, 3.8) is 0 Å². The Bertz CT molecular complexity index is 994. The summed E-state index contributed by atoms with van der Waals surface area (Å²) in [6, 6.07) is 6.23. The van der Waals surface area contributed by atoms with Gasteiger partial charge in [-0.15, -0.1) is 5.59 Å². The zero-order chi connectivity index (χ0) is 22.4. The fraction of sp³-hybridized carbons (Fsp3) is 0.263. The van der Waals surface area contributed by atoms with Gasteiger partial charge >= 0.3 is 0 Å². The van der Waals surface area contributed by atoms with Crippen LogP contribution in [0.3, 0.4) is 0 Å². The second-order valence-electron chi connectivity index (χ2n) is 6.58. The molecule has 0 aliphatic heterocycles. The highest BCUT2D eigenvalue weighted by Crippen LogP contribution is 2.32. The summed E-state index contributed by atoms with van der Waals surface area (Å²) >= 11 is 0. The number of nitrogens with one attached hydrogen (secondary N) is 5. The second kappa shape index (κ2) is 9.84. The van der Waals surface area contributed by atoms with Crippen LogP contribution in [0.15, 0.2) is 30.5 Å². The molecule has 0 radical (unpaired) electrons. The minimum absolute atomic E-state index is 0.0961. The number of rotatable bonds is 9. The number of aromatic nitrogens is 1. The third kappa shape index (κ3) is 5.25. The molecule has 1 heterocycles. The Morgan fingerprint density at radius 2 is 1.84 bits per heavy atom. The maximum atomic E-state index is 12.4. The molecular formula is C19H22N6O6. The largest absolute Gasteiger partial charge is 0.494 e. The monoisotopic (exact) mass is 430 g/mol. The van der Waals surface area contributed by atoms with E-state index in [-0.39, 0.29) is 40.2 Å². The van der Waals surface area contributed by atoms with Crippen LogP contribution in [0.2, 0.25) is 0 Å². The summed E-state index contributed by atoms with van der Waals surface area (Å²) < 4.78 is 5.35. The Balaban J connectivity index is 1.99. The van der Waals surface area contributed by atoms with Crippen molar-refractivity contribution in [2.75, 3.05) is 19.5 Å². The molecule has 2 aromatic rings. The molecule has 1 aliphatic rings. The van der Waals surface area contributed by atoms with E-state index >= 15 is 0 Å². The third-order valence-corrected chi connectivity index (χ3v) is 4.39. The SMILES string of the molecule is CONC(=O)c1cnc(C(=O)NC2CC2)cc1Nc1cccc(C(=O)NNO)c1OC. The van der Waals surface area contributed by atoms with E-state index in [0.29, 0.717) is 5.69 Å². The summed E-state index contributed by atoms with van der Waals surface area (Å²) in [6.07, 6.45) is 3.08. The Labute approximate surface area is 177 Å². The molecule has 0 saturated heterocycles. The average molecular weight is 430 g/mol. The fourth-order valence-electron chi connectivity index (χ4n) is 2.80. The van der Waals surface area contributed by atoms with Gasteiger partial charge in [0.05, 0.1) is 36.7 Å². The van der Waals surface area contributed by atoms with E-state index in [9.17, 15) is 14.4 Å². The lowest BCUT2D eigenvalue weighted by atomic mass is 10.1. The van der Waals surface area contributed by atoms with E-state index in [1.165, 1.54) is 32.5 Å². The number of anilines is 2. The highest BCUT2D eigenvalue weighted by molar-refractivity contribution is 6.03. The van der Waals surface area contributed by atoms with E-state index in [1.54, 1.807) is 17.7 Å². The van der Waals surface area contributed by atoms with Crippen molar-refractivity contribution in [3.8, 4) is 5.75 Å². The third-order valence-electron chi connectivity index (χ3n) is 4.39. The van der Waals surface area contributed by atoms with Gasteiger partial charge in [-0.3, -0.25) is 34.8 Å². The molecule has 1 aliphatic carbocycles. The molecule has 0 unspecified atom stereocenters. The van der Waals surface area contributed by atoms with Crippen LogP contribution in [0.5, 0.6) is 5.75 Å². The van der Waals surface area contributed by atoms with Crippen LogP contribution in [0.25, 0.3) is 0 Å². The van der Waals surface area contributed by atoms with Crippen molar-refractivity contribution < 1.29 is 29.2 Å². The van der Waals surface area contributed by atoms with Crippen LogP contribution in [-0.2, 0) is 4.84 Å². The summed E-state index contributed by atoms with van der Waals surface area (Å²) in [7, 11) is 2.65. The fourth-order valence-corrected chi connectivity index (χ4v) is 2.80. The molecule has 3 amide bonds. The topological polar surface area (TPSA) is 163 Å². The van der Waals surface area contributed by atoms with Gasteiger partial charge in [-0.25, -0.2) is 5.48 Å². The van der Waals surface area contributed by atoms with Crippen molar-refractivity contribution in [2.45, 2.75) is 18.9 Å². The van der Waals surface area contributed by atoms with Gasteiger partial charge < -0.3 is 15.4 Å². The van der Waals surface area contributed by atoms with Gasteiger partial charge in [0, 0.05) is 12.2 Å². The Morgan fingerprint density at radius 1 is 1.06 bits per heavy atom. The second-order valence-corrected chi connectivity index (χ2v) is 6.58. The van der Waals surface area contributed by atoms with Crippen molar-refractivity contribution >= 4 is 29.1 Å². The molecule has 0 atom stereocenters. The number of nitrogens with zero attached hydrogens (tertiary/aromatic N) is 1. The van der Waals surface area contributed by atoms with E-state index in [4.69, 9.17) is 9.94 Å². The number of benzene rings is 1. The first-order chi connectivity index (χ1) is 15.0. The summed E-state index contributed by atoms with van der Waals surface area (Å²) in [5, 5.41) is 14.6. The summed E-state index contributed by atoms with van der Waals surface area (Å²) in [5.41, 5.74) is 6.70. The van der Waals surface area contributed by atoms with E-state index in [1.807, 2.05) is 5.43 Å². The number of carbonyl (C=O) groups excluding carboxylic acids is 3. The van der Waals surface area contributed by atoms with E-state index in [2.05, 4.69) is 25.9 Å². The van der Waals surface area contributed by atoms with Crippen molar-refractivity contribution in [3.05, 3.63) is 47.3 Å².